The van der Waals surface area contributed by atoms with Crippen molar-refractivity contribution in [2.45, 2.75) is 19.5 Å². The van der Waals surface area contributed by atoms with E-state index in [4.69, 9.17) is 4.74 Å². The number of nitrogens with one attached hydrogen (secondary N) is 1. The largest absolute Gasteiger partial charge is 0.573 e. The number of carbonyl (C=O) groups is 2. The van der Waals surface area contributed by atoms with Gasteiger partial charge in [0.1, 0.15) is 23.5 Å². The third kappa shape index (κ3) is 8.15. The van der Waals surface area contributed by atoms with Gasteiger partial charge in [-0.3, -0.25) is 9.69 Å². The van der Waals surface area contributed by atoms with Gasteiger partial charge in [0, 0.05) is 5.56 Å². The number of alkyl halides is 6. The molecule has 0 bridgehead atoms. The molecule has 0 atom stereocenters. The van der Waals surface area contributed by atoms with Crippen molar-refractivity contribution in [2.24, 2.45) is 4.99 Å². The number of hydrogen-bond acceptors (Lipinski definition) is 7. The van der Waals surface area contributed by atoms with Crippen LogP contribution in [0, 0.1) is 18.6 Å². The molecule has 0 radical (unpaired) electrons. The van der Waals surface area contributed by atoms with E-state index in [-0.39, 0.29) is 39.4 Å². The lowest BCUT2D eigenvalue weighted by Gasteiger charge is -2.21. The van der Waals surface area contributed by atoms with Crippen LogP contribution < -0.4 is 19.7 Å². The molecule has 0 unspecified atom stereocenters. The van der Waals surface area contributed by atoms with E-state index in [0.29, 0.717) is 5.56 Å². The highest BCUT2D eigenvalue weighted by atomic mass is 32.2. The van der Waals surface area contributed by atoms with Crippen LogP contribution in [0.15, 0.2) is 65.9 Å². The van der Waals surface area contributed by atoms with Gasteiger partial charge in [0.15, 0.2) is 29.2 Å². The summed E-state index contributed by atoms with van der Waals surface area (Å²) < 4.78 is 115. The molecule has 1 aliphatic heterocycles. The summed E-state index contributed by atoms with van der Waals surface area (Å²) in [5.74, 6) is -4.35. The smallest absolute Gasteiger partial charge is 0.482 e. The van der Waals surface area contributed by atoms with E-state index in [0.717, 1.165) is 51.9 Å². The fourth-order valence-corrected chi connectivity index (χ4v) is 4.99. The van der Waals surface area contributed by atoms with Crippen molar-refractivity contribution in [3.63, 3.8) is 0 Å². The number of hydrogen-bond donors (Lipinski definition) is 1. The summed E-state index contributed by atoms with van der Waals surface area (Å²) >= 11 is 0.767. The monoisotopic (exact) mass is 686 g/mol. The number of rotatable bonds is 7. The Morgan fingerprint density at radius 3 is 2.34 bits per heavy atom. The second-order valence-electron chi connectivity index (χ2n) is 9.59. The summed E-state index contributed by atoms with van der Waals surface area (Å²) in [5.41, 5.74) is -0.383. The minimum absolute atomic E-state index is 0.116. The summed E-state index contributed by atoms with van der Waals surface area (Å²) in [5, 5.41) is 5.74. The number of aromatic nitrogens is 3. The van der Waals surface area contributed by atoms with E-state index in [2.05, 4.69) is 19.8 Å². The van der Waals surface area contributed by atoms with Crippen molar-refractivity contribution in [2.75, 3.05) is 22.6 Å². The van der Waals surface area contributed by atoms with Crippen molar-refractivity contribution in [3.05, 3.63) is 78.1 Å². The molecule has 1 N–H and O–H groups in total. The van der Waals surface area contributed by atoms with Gasteiger partial charge in [-0.25, -0.2) is 23.2 Å². The second kappa shape index (κ2) is 12.9. The number of urea groups is 1. The lowest BCUT2D eigenvalue weighted by molar-refractivity contribution is -0.274. The predicted molar refractivity (Wildman–Crippen MR) is 153 cm³/mol. The van der Waals surface area contributed by atoms with E-state index < -0.39 is 54.2 Å². The number of amidine groups is 1. The first-order valence-corrected chi connectivity index (χ1v) is 14.0. The van der Waals surface area contributed by atoms with Crippen LogP contribution in [0.4, 0.5) is 51.3 Å². The van der Waals surface area contributed by atoms with Gasteiger partial charge in [0.25, 0.3) is 0 Å². The third-order valence-electron chi connectivity index (χ3n) is 6.07. The number of anilines is 2. The number of amides is 3. The number of aliphatic imine (C=N–C) groups is 1. The maximum absolute atomic E-state index is 15.0. The van der Waals surface area contributed by atoms with Crippen molar-refractivity contribution >= 4 is 40.2 Å². The molecular formula is C28H18F8N6O4S. The summed E-state index contributed by atoms with van der Waals surface area (Å²) in [7, 11) is 0. The molecule has 1 saturated heterocycles. The molecule has 1 fully saturated rings. The maximum Gasteiger partial charge on any atom is 0.573 e. The molecule has 3 amide bonds. The van der Waals surface area contributed by atoms with Crippen LogP contribution in [0.2, 0.25) is 0 Å². The molecule has 19 heteroatoms. The van der Waals surface area contributed by atoms with Gasteiger partial charge in [-0.15, -0.1) is 18.3 Å². The van der Waals surface area contributed by atoms with Crippen molar-refractivity contribution in [1.82, 2.24) is 14.8 Å². The zero-order valence-corrected chi connectivity index (χ0v) is 24.3. The Balaban J connectivity index is 1.33. The molecule has 4 aromatic rings. The van der Waals surface area contributed by atoms with Crippen LogP contribution in [0.3, 0.4) is 0 Å². The predicted octanol–water partition coefficient (Wildman–Crippen LogP) is 7.03. The van der Waals surface area contributed by atoms with Gasteiger partial charge in [-0.05, 0) is 61.0 Å². The van der Waals surface area contributed by atoms with E-state index in [9.17, 15) is 35.9 Å². The molecule has 1 aromatic heterocycles. The summed E-state index contributed by atoms with van der Waals surface area (Å²) in [6.07, 6.45) is -8.41. The van der Waals surface area contributed by atoms with Crippen LogP contribution in [-0.4, -0.2) is 56.8 Å². The lowest BCUT2D eigenvalue weighted by Crippen LogP contribution is -2.31. The molecule has 0 spiro atoms. The van der Waals surface area contributed by atoms with E-state index in [1.54, 1.807) is 6.92 Å². The van der Waals surface area contributed by atoms with E-state index in [1.807, 2.05) is 5.32 Å². The van der Waals surface area contributed by atoms with Crippen LogP contribution in [0.5, 0.6) is 11.5 Å². The number of aryl methyl sites for hydroxylation is 1. The Morgan fingerprint density at radius 2 is 1.70 bits per heavy atom. The lowest BCUT2D eigenvalue weighted by atomic mass is 10.1. The maximum atomic E-state index is 15.0. The van der Waals surface area contributed by atoms with Gasteiger partial charge < -0.3 is 14.8 Å². The fraction of sp³-hybridized carbons (Fsp3) is 0.179. The SMILES string of the molecule is Cc1ccc(OCC(F)(F)F)c(N2C(=O)CS/C2=N\C(=O)Nc2c(F)cc(-c3ncn(-c4ccc(OC(F)(F)F)cc4)n3)cc2F)c1. The number of carbonyl (C=O) groups excluding carboxylic acids is 2. The number of thioether (sulfide) groups is 1. The topological polar surface area (TPSA) is 111 Å². The van der Waals surface area contributed by atoms with Gasteiger partial charge in [-0.1, -0.05) is 17.8 Å². The highest BCUT2D eigenvalue weighted by Gasteiger charge is 2.35. The van der Waals surface area contributed by atoms with E-state index >= 15 is 8.78 Å². The highest BCUT2D eigenvalue weighted by Crippen LogP contribution is 2.36. The van der Waals surface area contributed by atoms with Crippen molar-refractivity contribution in [1.29, 1.82) is 0 Å². The van der Waals surface area contributed by atoms with Gasteiger partial charge >= 0.3 is 18.6 Å². The molecule has 246 valence electrons. The summed E-state index contributed by atoms with van der Waals surface area (Å²) in [6.45, 7) is -0.0405. The molecule has 0 saturated carbocycles. The highest BCUT2D eigenvalue weighted by molar-refractivity contribution is 8.15. The number of nitrogens with zero attached hydrogens (tertiary/aromatic N) is 5. The Morgan fingerprint density at radius 1 is 1.02 bits per heavy atom. The fourth-order valence-electron chi connectivity index (χ4n) is 4.13. The Hall–Kier alpha value is -5.20. The van der Waals surface area contributed by atoms with Gasteiger partial charge in [0.05, 0.1) is 17.1 Å². The molecule has 3 aromatic carbocycles. The van der Waals surface area contributed by atoms with Crippen molar-refractivity contribution < 1.29 is 54.2 Å². The molecule has 1 aliphatic rings. The first kappa shape index (κ1) is 33.2. The quantitative estimate of drug-likeness (QED) is 0.208. The van der Waals surface area contributed by atoms with Crippen LogP contribution >= 0.6 is 11.8 Å². The normalized spacial score (nSPS) is 14.5. The minimum atomic E-state index is -4.88. The summed E-state index contributed by atoms with van der Waals surface area (Å²) in [6, 6.07) is 8.90. The molecule has 10 nitrogen and oxygen atoms in total. The minimum Gasteiger partial charge on any atom is -0.482 e. The zero-order chi connectivity index (χ0) is 34.1. The first-order valence-electron chi connectivity index (χ1n) is 13.0. The number of benzene rings is 3. The van der Waals surface area contributed by atoms with Crippen LogP contribution in [-0.2, 0) is 4.79 Å². The molecule has 2 heterocycles. The Kier molecular flexibility index (Phi) is 9.10. The van der Waals surface area contributed by atoms with E-state index in [1.165, 1.54) is 30.3 Å². The molecular weight excluding hydrogens is 668 g/mol. The number of halogens is 8. The zero-order valence-electron chi connectivity index (χ0n) is 23.5. The molecule has 0 aliphatic carbocycles. The summed E-state index contributed by atoms with van der Waals surface area (Å²) in [4.78, 5) is 33.9. The van der Waals surface area contributed by atoms with Gasteiger partial charge in [-0.2, -0.15) is 18.2 Å². The van der Waals surface area contributed by atoms with Crippen LogP contribution in [0.25, 0.3) is 17.1 Å². The average molecular weight is 687 g/mol. The van der Waals surface area contributed by atoms with Crippen LogP contribution in [0.1, 0.15) is 5.56 Å². The Labute approximate surface area is 263 Å². The molecule has 5 rings (SSSR count). The number of ether oxygens (including phenoxy) is 2. The van der Waals surface area contributed by atoms with Crippen molar-refractivity contribution in [3.8, 4) is 28.6 Å². The first-order chi connectivity index (χ1) is 22.1. The Bertz CT molecular complexity index is 1840. The second-order valence-corrected chi connectivity index (χ2v) is 10.5. The van der Waals surface area contributed by atoms with Gasteiger partial charge in [0.2, 0.25) is 5.91 Å². The average Bonchev–Trinajstić information content (AvgIpc) is 3.60. The third-order valence-corrected chi connectivity index (χ3v) is 6.99. The molecule has 47 heavy (non-hydrogen) atoms. The standard InChI is InChI=1S/C28H18F8N6O4S/c1-14-2-7-21(45-12-27(31,32)33)20(8-14)42-22(43)11-47-26(42)39-25(44)38-23-18(29)9-15(10-19(23)30)24-37-13-41(40-24)16-3-5-17(6-4-16)46-28(34,35)36/h2-10,13H,11-12H2,1H3,(H,38,44)/b39-26-.